The lowest BCUT2D eigenvalue weighted by Gasteiger charge is -2.23. The Bertz CT molecular complexity index is 1680. The second-order valence-electron chi connectivity index (χ2n) is 9.26. The van der Waals surface area contributed by atoms with Crippen LogP contribution in [0.15, 0.2) is 58.2 Å². The van der Waals surface area contributed by atoms with Gasteiger partial charge in [-0.15, -0.1) is 0 Å². The summed E-state index contributed by atoms with van der Waals surface area (Å²) in [7, 11) is 1.59. The van der Waals surface area contributed by atoms with E-state index in [-0.39, 0.29) is 36.8 Å². The Morgan fingerprint density at radius 3 is 2.69 bits per heavy atom. The second-order valence-corrected chi connectivity index (χ2v) is 10.1. The number of pyridine rings is 1. The zero-order valence-electron chi connectivity index (χ0n) is 21.0. The largest absolute Gasteiger partial charge is 0.347 e. The third-order valence-corrected chi connectivity index (χ3v) is 6.93. The predicted molar refractivity (Wildman–Crippen MR) is 144 cm³/mol. The van der Waals surface area contributed by atoms with Crippen LogP contribution in [-0.2, 0) is 23.2 Å². The molecule has 5 rings (SSSR count). The molecule has 0 saturated carbocycles. The lowest BCUT2D eigenvalue weighted by atomic mass is 10.0. The van der Waals surface area contributed by atoms with Crippen molar-refractivity contribution < 1.29 is 18.8 Å². The van der Waals surface area contributed by atoms with Gasteiger partial charge in [-0.1, -0.05) is 12.1 Å². The highest BCUT2D eigenvalue weighted by atomic mass is 79.9. The van der Waals surface area contributed by atoms with Gasteiger partial charge in [0, 0.05) is 43.7 Å². The molecule has 1 saturated heterocycles. The molecule has 0 unspecified atom stereocenters. The topological polar surface area (TPSA) is 132 Å². The lowest BCUT2D eigenvalue weighted by Crippen LogP contribution is -2.44. The highest BCUT2D eigenvalue weighted by Crippen LogP contribution is 2.28. The van der Waals surface area contributed by atoms with Crippen LogP contribution >= 0.6 is 15.9 Å². The van der Waals surface area contributed by atoms with E-state index in [2.05, 4.69) is 36.3 Å². The number of aryl methyl sites for hydroxylation is 1. The van der Waals surface area contributed by atoms with Gasteiger partial charge in [0.15, 0.2) is 5.78 Å². The zero-order chi connectivity index (χ0) is 27.8. The fourth-order valence-electron chi connectivity index (χ4n) is 4.62. The standard InChI is InChI=1S/C26H23BrFN7O4/c1-14(36)24-18-8-15(16-10-29-26(39)33(2)11-16)6-7-19(18)35(32-24)13-23(37)34-12-17(28)9-20(34)25(38)31-22-5-3-4-21(27)30-22/h3-8,10-11,17,20H,9,12-13H2,1-2H3,(H,30,31,38)/t17-,20+/m1/s1. The zero-order valence-corrected chi connectivity index (χ0v) is 22.6. The first-order chi connectivity index (χ1) is 18.6. The third kappa shape index (κ3) is 5.35. The Kier molecular flexibility index (Phi) is 7.08. The SMILES string of the molecule is CC(=O)c1nn(CC(=O)N2C[C@H](F)C[C@H]2C(=O)Nc2cccc(Br)n2)c2ccc(-c3cnc(=O)n(C)c3)cc12. The van der Waals surface area contributed by atoms with Crippen LogP contribution in [0, 0.1) is 0 Å². The number of carbonyl (C=O) groups excluding carboxylic acids is 3. The van der Waals surface area contributed by atoms with Crippen molar-refractivity contribution in [2.75, 3.05) is 11.9 Å². The maximum absolute atomic E-state index is 14.4. The van der Waals surface area contributed by atoms with Crippen molar-refractivity contribution >= 4 is 50.2 Å². The summed E-state index contributed by atoms with van der Waals surface area (Å²) in [6, 6.07) is 9.19. The maximum atomic E-state index is 14.4. The molecule has 2 atom stereocenters. The van der Waals surface area contributed by atoms with Gasteiger partial charge < -0.3 is 14.8 Å². The van der Waals surface area contributed by atoms with Gasteiger partial charge in [0.05, 0.1) is 12.1 Å². The number of Topliss-reactive ketones (excluding diaryl/α,β-unsaturated/α-hetero) is 1. The van der Waals surface area contributed by atoms with Crippen LogP contribution in [-0.4, -0.2) is 65.6 Å². The van der Waals surface area contributed by atoms with Gasteiger partial charge in [0.1, 0.15) is 34.9 Å². The first-order valence-electron chi connectivity index (χ1n) is 12.0. The monoisotopic (exact) mass is 595 g/mol. The van der Waals surface area contributed by atoms with Gasteiger partial charge in [-0.2, -0.15) is 5.10 Å². The number of alkyl halides is 1. The van der Waals surface area contributed by atoms with E-state index in [1.54, 1.807) is 49.6 Å². The molecule has 0 bridgehead atoms. The Balaban J connectivity index is 1.42. The molecule has 4 heterocycles. The number of halogens is 2. The molecule has 13 heteroatoms. The van der Waals surface area contributed by atoms with Crippen molar-refractivity contribution in [1.29, 1.82) is 0 Å². The molecule has 0 aliphatic carbocycles. The molecule has 4 aromatic rings. The molecule has 39 heavy (non-hydrogen) atoms. The van der Waals surface area contributed by atoms with Gasteiger partial charge in [-0.3, -0.25) is 19.1 Å². The van der Waals surface area contributed by atoms with Gasteiger partial charge in [0.25, 0.3) is 0 Å². The van der Waals surface area contributed by atoms with Gasteiger partial charge in [-0.25, -0.2) is 19.2 Å². The number of benzene rings is 1. The summed E-state index contributed by atoms with van der Waals surface area (Å²) in [6.45, 7) is 0.848. The molecule has 11 nitrogen and oxygen atoms in total. The molecular formula is C26H23BrFN7O4. The molecule has 1 aliphatic rings. The van der Waals surface area contributed by atoms with Crippen LogP contribution < -0.4 is 11.0 Å². The van der Waals surface area contributed by atoms with E-state index in [1.807, 2.05) is 0 Å². The van der Waals surface area contributed by atoms with Crippen LogP contribution in [0.4, 0.5) is 10.2 Å². The summed E-state index contributed by atoms with van der Waals surface area (Å²) in [5.74, 6) is -1.08. The molecule has 0 spiro atoms. The fraction of sp³-hybridized carbons (Fsp3) is 0.269. The first-order valence-corrected chi connectivity index (χ1v) is 12.8. The van der Waals surface area contributed by atoms with Crippen LogP contribution in [0.5, 0.6) is 0 Å². The van der Waals surface area contributed by atoms with E-state index < -0.39 is 29.7 Å². The molecule has 1 aliphatic heterocycles. The van der Waals surface area contributed by atoms with Crippen LogP contribution in [0.1, 0.15) is 23.8 Å². The average Bonchev–Trinajstić information content (AvgIpc) is 3.46. The van der Waals surface area contributed by atoms with Crippen molar-refractivity contribution in [3.05, 3.63) is 69.6 Å². The number of fused-ring (bicyclic) bond motifs is 1. The minimum atomic E-state index is -1.36. The van der Waals surface area contributed by atoms with E-state index in [1.165, 1.54) is 27.3 Å². The highest BCUT2D eigenvalue weighted by Gasteiger charge is 2.40. The quantitative estimate of drug-likeness (QED) is 0.268. The van der Waals surface area contributed by atoms with Crippen LogP contribution in [0.25, 0.3) is 22.0 Å². The number of nitrogens with one attached hydrogen (secondary N) is 1. The molecule has 1 N–H and O–H groups in total. The number of hydrogen-bond donors (Lipinski definition) is 1. The Morgan fingerprint density at radius 1 is 1.18 bits per heavy atom. The normalized spacial score (nSPS) is 17.0. The summed E-state index contributed by atoms with van der Waals surface area (Å²) >= 11 is 3.24. The number of carbonyl (C=O) groups is 3. The fourth-order valence-corrected chi connectivity index (χ4v) is 4.96. The third-order valence-electron chi connectivity index (χ3n) is 6.49. The number of hydrogen-bond acceptors (Lipinski definition) is 7. The minimum Gasteiger partial charge on any atom is -0.326 e. The lowest BCUT2D eigenvalue weighted by molar-refractivity contribution is -0.137. The molecule has 3 aromatic heterocycles. The molecule has 200 valence electrons. The summed E-state index contributed by atoms with van der Waals surface area (Å²) in [5.41, 5.74) is 1.66. The van der Waals surface area contributed by atoms with Crippen molar-refractivity contribution in [2.24, 2.45) is 7.05 Å². The van der Waals surface area contributed by atoms with Crippen molar-refractivity contribution in [1.82, 2.24) is 29.2 Å². The van der Waals surface area contributed by atoms with Crippen LogP contribution in [0.3, 0.4) is 0 Å². The number of likely N-dealkylation sites (tertiary alicyclic amines) is 1. The summed E-state index contributed by atoms with van der Waals surface area (Å²) in [4.78, 5) is 59.5. The average molecular weight is 596 g/mol. The van der Waals surface area contributed by atoms with Gasteiger partial charge in [0.2, 0.25) is 11.8 Å². The summed E-state index contributed by atoms with van der Waals surface area (Å²) in [5, 5.41) is 7.53. The highest BCUT2D eigenvalue weighted by molar-refractivity contribution is 9.10. The molecule has 1 fully saturated rings. The Labute approximate surface area is 229 Å². The number of amides is 2. The molecule has 0 radical (unpaired) electrons. The first kappa shape index (κ1) is 26.4. The number of nitrogens with zero attached hydrogens (tertiary/aromatic N) is 6. The molecular weight excluding hydrogens is 573 g/mol. The van der Waals surface area contributed by atoms with Gasteiger partial charge >= 0.3 is 5.69 Å². The summed E-state index contributed by atoms with van der Waals surface area (Å²) in [6.07, 6.45) is 1.58. The Morgan fingerprint density at radius 2 is 1.97 bits per heavy atom. The number of ketones is 1. The Hall–Kier alpha value is -4.26. The van der Waals surface area contributed by atoms with Crippen LogP contribution in [0.2, 0.25) is 0 Å². The smallest absolute Gasteiger partial charge is 0.326 e. The maximum Gasteiger partial charge on any atom is 0.347 e. The van der Waals surface area contributed by atoms with E-state index in [0.29, 0.717) is 26.6 Å². The van der Waals surface area contributed by atoms with E-state index >= 15 is 0 Å². The minimum absolute atomic E-state index is 0.138. The van der Waals surface area contributed by atoms with Gasteiger partial charge in [-0.05, 0) is 45.8 Å². The second kappa shape index (κ2) is 10.5. The van der Waals surface area contributed by atoms with Crippen molar-refractivity contribution in [2.45, 2.75) is 32.1 Å². The predicted octanol–water partition coefficient (Wildman–Crippen LogP) is 2.73. The van der Waals surface area contributed by atoms with E-state index in [0.717, 1.165) is 0 Å². The number of rotatable bonds is 6. The molecule has 1 aromatic carbocycles. The van der Waals surface area contributed by atoms with Crippen molar-refractivity contribution in [3.63, 3.8) is 0 Å². The number of anilines is 1. The van der Waals surface area contributed by atoms with Crippen molar-refractivity contribution in [3.8, 4) is 11.1 Å². The van der Waals surface area contributed by atoms with E-state index in [4.69, 9.17) is 0 Å². The number of aromatic nitrogens is 5. The molecule has 2 amide bonds. The van der Waals surface area contributed by atoms with E-state index in [9.17, 15) is 23.6 Å². The summed E-state index contributed by atoms with van der Waals surface area (Å²) < 4.78 is 17.7.